The molecule has 4 rings (SSSR count). The summed E-state index contributed by atoms with van der Waals surface area (Å²) in [6.45, 7) is 7.61. The maximum Gasteiger partial charge on any atom is 0.226 e. The van der Waals surface area contributed by atoms with Crippen LogP contribution in [0.2, 0.25) is 0 Å². The van der Waals surface area contributed by atoms with E-state index < -0.39 is 0 Å². The van der Waals surface area contributed by atoms with Gasteiger partial charge in [0, 0.05) is 32.2 Å². The molecule has 3 saturated heterocycles. The van der Waals surface area contributed by atoms with Crippen LogP contribution in [0.15, 0.2) is 30.3 Å². The minimum atomic E-state index is 0.249. The number of hydrogen-bond acceptors (Lipinski definition) is 3. The number of nitrogens with zero attached hydrogens (tertiary/aromatic N) is 3. The number of carbonyl (C=O) groups is 1. The molecule has 4 nitrogen and oxygen atoms in total. The SMILES string of the molecule is O=C([C@H]1CCCN(C2CCN(Cc3ccccc3)CC2)C1)N1CCCCC1. The first kappa shape index (κ1) is 18.9. The Bertz CT molecular complexity index is 591. The average molecular weight is 370 g/mol. The van der Waals surface area contributed by atoms with Gasteiger partial charge in [-0.25, -0.2) is 0 Å². The summed E-state index contributed by atoms with van der Waals surface area (Å²) in [4.78, 5) is 20.3. The molecule has 0 aliphatic carbocycles. The lowest BCUT2D eigenvalue weighted by atomic mass is 9.92. The van der Waals surface area contributed by atoms with Crippen molar-refractivity contribution in [1.82, 2.24) is 14.7 Å². The van der Waals surface area contributed by atoms with Gasteiger partial charge in [0.15, 0.2) is 0 Å². The summed E-state index contributed by atoms with van der Waals surface area (Å²) in [7, 11) is 0. The fourth-order valence-electron chi connectivity index (χ4n) is 5.20. The van der Waals surface area contributed by atoms with E-state index in [1.54, 1.807) is 0 Å². The van der Waals surface area contributed by atoms with Crippen molar-refractivity contribution >= 4 is 5.91 Å². The van der Waals surface area contributed by atoms with E-state index in [0.29, 0.717) is 11.9 Å². The topological polar surface area (TPSA) is 26.8 Å². The van der Waals surface area contributed by atoms with E-state index in [-0.39, 0.29) is 5.92 Å². The molecule has 0 saturated carbocycles. The zero-order valence-corrected chi connectivity index (χ0v) is 16.7. The van der Waals surface area contributed by atoms with Crippen molar-refractivity contribution in [3.63, 3.8) is 0 Å². The second-order valence-corrected chi connectivity index (χ2v) is 8.71. The fourth-order valence-corrected chi connectivity index (χ4v) is 5.20. The molecule has 0 spiro atoms. The number of rotatable bonds is 4. The Labute approximate surface area is 164 Å². The Hall–Kier alpha value is -1.39. The highest BCUT2D eigenvalue weighted by molar-refractivity contribution is 5.79. The average Bonchev–Trinajstić information content (AvgIpc) is 2.75. The smallest absolute Gasteiger partial charge is 0.226 e. The molecule has 3 heterocycles. The van der Waals surface area contributed by atoms with Gasteiger partial charge in [0.25, 0.3) is 0 Å². The van der Waals surface area contributed by atoms with Gasteiger partial charge in [-0.15, -0.1) is 0 Å². The molecule has 27 heavy (non-hydrogen) atoms. The predicted molar refractivity (Wildman–Crippen MR) is 109 cm³/mol. The molecule has 1 aromatic rings. The standard InChI is InChI=1S/C23H35N3O/c27-23(25-13-5-2-6-14-25)21-10-7-15-26(19-21)22-11-16-24(17-12-22)18-20-8-3-1-4-9-20/h1,3-4,8-9,21-22H,2,5-7,10-19H2/t21-/m0/s1. The zero-order chi connectivity index (χ0) is 18.5. The minimum absolute atomic E-state index is 0.249. The molecule has 3 aliphatic rings. The van der Waals surface area contributed by atoms with Gasteiger partial charge in [-0.05, 0) is 70.1 Å². The van der Waals surface area contributed by atoms with Crippen LogP contribution in [-0.2, 0) is 11.3 Å². The van der Waals surface area contributed by atoms with Crippen molar-refractivity contribution < 1.29 is 4.79 Å². The Balaban J connectivity index is 1.26. The van der Waals surface area contributed by atoms with Gasteiger partial charge in [0.05, 0.1) is 5.92 Å². The molecule has 0 bridgehead atoms. The van der Waals surface area contributed by atoms with Gasteiger partial charge in [-0.3, -0.25) is 14.6 Å². The van der Waals surface area contributed by atoms with Gasteiger partial charge in [0.2, 0.25) is 5.91 Å². The van der Waals surface area contributed by atoms with Crippen LogP contribution in [0.3, 0.4) is 0 Å². The second-order valence-electron chi connectivity index (χ2n) is 8.71. The molecule has 0 aromatic heterocycles. The van der Waals surface area contributed by atoms with E-state index in [9.17, 15) is 4.79 Å². The van der Waals surface area contributed by atoms with Crippen molar-refractivity contribution in [2.45, 2.75) is 57.5 Å². The van der Waals surface area contributed by atoms with Crippen LogP contribution < -0.4 is 0 Å². The van der Waals surface area contributed by atoms with Crippen LogP contribution in [0.25, 0.3) is 0 Å². The molecule has 3 fully saturated rings. The third-order valence-corrected chi connectivity index (χ3v) is 6.79. The molecule has 148 valence electrons. The lowest BCUT2D eigenvalue weighted by molar-refractivity contribution is -0.138. The molecular weight excluding hydrogens is 334 g/mol. The van der Waals surface area contributed by atoms with Crippen LogP contribution in [-0.4, -0.2) is 65.9 Å². The quantitative estimate of drug-likeness (QED) is 0.814. The van der Waals surface area contributed by atoms with Crippen molar-refractivity contribution in [2.24, 2.45) is 5.92 Å². The fraction of sp³-hybridized carbons (Fsp3) is 0.696. The Morgan fingerprint density at radius 2 is 1.59 bits per heavy atom. The first-order valence-electron chi connectivity index (χ1n) is 11.1. The van der Waals surface area contributed by atoms with Gasteiger partial charge in [0.1, 0.15) is 0 Å². The largest absolute Gasteiger partial charge is 0.342 e. The predicted octanol–water partition coefficient (Wildman–Crippen LogP) is 3.38. The molecule has 3 aliphatic heterocycles. The van der Waals surface area contributed by atoms with Crippen LogP contribution in [0, 0.1) is 5.92 Å². The van der Waals surface area contributed by atoms with Crippen LogP contribution >= 0.6 is 0 Å². The van der Waals surface area contributed by atoms with E-state index in [4.69, 9.17) is 0 Å². The van der Waals surface area contributed by atoms with Crippen LogP contribution in [0.5, 0.6) is 0 Å². The number of likely N-dealkylation sites (tertiary alicyclic amines) is 3. The third kappa shape index (κ3) is 4.91. The Kier molecular flexibility index (Phi) is 6.46. The molecule has 4 heteroatoms. The number of carbonyl (C=O) groups excluding carboxylic acids is 1. The first-order valence-corrected chi connectivity index (χ1v) is 11.1. The molecule has 0 unspecified atom stereocenters. The van der Waals surface area contributed by atoms with E-state index in [1.165, 1.54) is 63.7 Å². The highest BCUT2D eigenvalue weighted by atomic mass is 16.2. The Morgan fingerprint density at radius 3 is 2.33 bits per heavy atom. The number of benzene rings is 1. The zero-order valence-electron chi connectivity index (χ0n) is 16.7. The van der Waals surface area contributed by atoms with Crippen molar-refractivity contribution in [2.75, 3.05) is 39.3 Å². The van der Waals surface area contributed by atoms with E-state index in [2.05, 4.69) is 45.0 Å². The minimum Gasteiger partial charge on any atom is -0.342 e. The summed E-state index contributed by atoms with van der Waals surface area (Å²) in [5, 5.41) is 0. The molecule has 1 atom stereocenters. The normalized spacial score (nSPS) is 26.2. The van der Waals surface area contributed by atoms with Gasteiger partial charge < -0.3 is 4.90 Å². The molecular formula is C23H35N3O. The summed E-state index contributed by atoms with van der Waals surface area (Å²) in [6, 6.07) is 11.5. The van der Waals surface area contributed by atoms with Crippen molar-refractivity contribution in [1.29, 1.82) is 0 Å². The van der Waals surface area contributed by atoms with Gasteiger partial charge in [-0.1, -0.05) is 30.3 Å². The highest BCUT2D eigenvalue weighted by Crippen LogP contribution is 2.26. The summed E-state index contributed by atoms with van der Waals surface area (Å²) >= 11 is 0. The van der Waals surface area contributed by atoms with Gasteiger partial charge >= 0.3 is 0 Å². The monoisotopic (exact) mass is 369 g/mol. The maximum atomic E-state index is 12.9. The number of piperidine rings is 3. The Morgan fingerprint density at radius 1 is 0.852 bits per heavy atom. The molecule has 1 amide bonds. The molecule has 1 aromatic carbocycles. The lowest BCUT2D eigenvalue weighted by Crippen LogP contribution is -2.51. The first-order chi connectivity index (χ1) is 13.3. The van der Waals surface area contributed by atoms with Gasteiger partial charge in [-0.2, -0.15) is 0 Å². The molecule has 0 N–H and O–H groups in total. The van der Waals surface area contributed by atoms with E-state index in [0.717, 1.165) is 32.6 Å². The summed E-state index contributed by atoms with van der Waals surface area (Å²) < 4.78 is 0. The van der Waals surface area contributed by atoms with Crippen molar-refractivity contribution in [3.8, 4) is 0 Å². The summed E-state index contributed by atoms with van der Waals surface area (Å²) in [5.41, 5.74) is 1.42. The van der Waals surface area contributed by atoms with Crippen molar-refractivity contribution in [3.05, 3.63) is 35.9 Å². The summed E-state index contributed by atoms with van der Waals surface area (Å²) in [6.07, 6.45) is 8.47. The molecule has 0 radical (unpaired) electrons. The lowest BCUT2D eigenvalue weighted by Gasteiger charge is -2.43. The van der Waals surface area contributed by atoms with Crippen LogP contribution in [0.4, 0.5) is 0 Å². The van der Waals surface area contributed by atoms with E-state index in [1.807, 2.05) is 0 Å². The number of amides is 1. The maximum absolute atomic E-state index is 12.9. The summed E-state index contributed by atoms with van der Waals surface area (Å²) in [5.74, 6) is 0.695. The van der Waals surface area contributed by atoms with Crippen LogP contribution in [0.1, 0.15) is 50.5 Å². The second kappa shape index (κ2) is 9.20. The highest BCUT2D eigenvalue weighted by Gasteiger charge is 2.33. The third-order valence-electron chi connectivity index (χ3n) is 6.79. The van der Waals surface area contributed by atoms with E-state index >= 15 is 0 Å². The number of hydrogen-bond donors (Lipinski definition) is 0.